The summed E-state index contributed by atoms with van der Waals surface area (Å²) in [6.45, 7) is 5.26. The predicted octanol–water partition coefficient (Wildman–Crippen LogP) is 5.18. The van der Waals surface area contributed by atoms with Crippen LogP contribution < -0.4 is 9.47 Å². The molecular formula is C24H29FO4. The number of aliphatic hydroxyl groups excluding tert-OH is 2. The van der Waals surface area contributed by atoms with Crippen LogP contribution in [0.5, 0.6) is 11.5 Å². The number of halogens is 1. The number of hydrogen-bond donors (Lipinski definition) is 2. The van der Waals surface area contributed by atoms with Gasteiger partial charge in [-0.05, 0) is 60.6 Å². The first kappa shape index (κ1) is 21.3. The van der Waals surface area contributed by atoms with Crippen LogP contribution >= 0.6 is 0 Å². The molecule has 0 spiro atoms. The van der Waals surface area contributed by atoms with E-state index in [0.29, 0.717) is 28.4 Å². The maximum Gasteiger partial charge on any atom is 0.219 e. The lowest BCUT2D eigenvalue weighted by Crippen LogP contribution is -2.17. The molecule has 0 heterocycles. The van der Waals surface area contributed by atoms with Gasteiger partial charge < -0.3 is 19.7 Å². The summed E-state index contributed by atoms with van der Waals surface area (Å²) in [7, 11) is 0. The van der Waals surface area contributed by atoms with E-state index >= 15 is 0 Å². The fourth-order valence-electron chi connectivity index (χ4n) is 3.72. The van der Waals surface area contributed by atoms with Gasteiger partial charge in [0.05, 0.1) is 6.61 Å². The number of ether oxygens (including phenoxy) is 2. The first-order chi connectivity index (χ1) is 14.0. The van der Waals surface area contributed by atoms with Gasteiger partial charge in [-0.2, -0.15) is 0 Å². The molecule has 2 aromatic rings. The Kier molecular flexibility index (Phi) is 7.29. The van der Waals surface area contributed by atoms with E-state index in [0.717, 1.165) is 18.4 Å². The Morgan fingerprint density at radius 2 is 1.90 bits per heavy atom. The molecule has 156 valence electrons. The van der Waals surface area contributed by atoms with E-state index in [1.54, 1.807) is 31.2 Å². The molecule has 1 atom stereocenters. The Bertz CT molecular complexity index is 843. The molecule has 0 saturated heterocycles. The molecule has 1 unspecified atom stereocenters. The summed E-state index contributed by atoms with van der Waals surface area (Å²) < 4.78 is 26.0. The minimum absolute atomic E-state index is 0.0866. The molecule has 1 fully saturated rings. The highest BCUT2D eigenvalue weighted by molar-refractivity contribution is 5.68. The Morgan fingerprint density at radius 1 is 1.14 bits per heavy atom. The van der Waals surface area contributed by atoms with E-state index in [1.165, 1.54) is 19.3 Å². The van der Waals surface area contributed by atoms with Crippen molar-refractivity contribution >= 4 is 0 Å². The van der Waals surface area contributed by atoms with E-state index in [2.05, 4.69) is 6.58 Å². The van der Waals surface area contributed by atoms with Crippen molar-refractivity contribution in [2.24, 2.45) is 0 Å². The van der Waals surface area contributed by atoms with Crippen molar-refractivity contribution in [1.82, 2.24) is 0 Å². The Balaban J connectivity index is 1.89. The van der Waals surface area contributed by atoms with Gasteiger partial charge >= 0.3 is 0 Å². The molecule has 0 bridgehead atoms. The van der Waals surface area contributed by atoms with Crippen molar-refractivity contribution in [2.75, 3.05) is 13.2 Å². The summed E-state index contributed by atoms with van der Waals surface area (Å²) in [5, 5.41) is 19.0. The second-order valence-corrected chi connectivity index (χ2v) is 7.62. The number of aliphatic hydroxyl groups is 2. The zero-order chi connectivity index (χ0) is 20.8. The molecule has 3 rings (SSSR count). The van der Waals surface area contributed by atoms with Gasteiger partial charge in [0.25, 0.3) is 0 Å². The van der Waals surface area contributed by atoms with Crippen LogP contribution in [0, 0.1) is 5.82 Å². The molecule has 0 aliphatic heterocycles. The normalized spacial score (nSPS) is 15.7. The SMILES string of the molecule is C=C(C)C(O)Oc1cc(-c2ccc(C3CCCCC3)cc2F)ccc1OCCO. The lowest BCUT2D eigenvalue weighted by atomic mass is 9.83. The van der Waals surface area contributed by atoms with Gasteiger partial charge in [-0.25, -0.2) is 4.39 Å². The van der Waals surface area contributed by atoms with E-state index < -0.39 is 6.29 Å². The van der Waals surface area contributed by atoms with Crippen LogP contribution in [-0.2, 0) is 0 Å². The van der Waals surface area contributed by atoms with Crippen LogP contribution in [0.3, 0.4) is 0 Å². The maximum absolute atomic E-state index is 14.9. The van der Waals surface area contributed by atoms with Gasteiger partial charge in [0.1, 0.15) is 12.4 Å². The maximum atomic E-state index is 14.9. The second-order valence-electron chi connectivity index (χ2n) is 7.62. The summed E-state index contributed by atoms with van der Waals surface area (Å²) in [5.41, 5.74) is 2.58. The molecule has 1 aliphatic rings. The van der Waals surface area contributed by atoms with Crippen molar-refractivity contribution in [2.45, 2.75) is 51.2 Å². The first-order valence-corrected chi connectivity index (χ1v) is 10.2. The van der Waals surface area contributed by atoms with E-state index in [9.17, 15) is 9.50 Å². The molecule has 5 heteroatoms. The van der Waals surface area contributed by atoms with Gasteiger partial charge in [0.2, 0.25) is 6.29 Å². The monoisotopic (exact) mass is 400 g/mol. The topological polar surface area (TPSA) is 58.9 Å². The molecule has 2 aromatic carbocycles. The molecule has 1 aliphatic carbocycles. The minimum atomic E-state index is -1.21. The van der Waals surface area contributed by atoms with Gasteiger partial charge in [0.15, 0.2) is 11.5 Å². The summed E-state index contributed by atoms with van der Waals surface area (Å²) in [4.78, 5) is 0. The van der Waals surface area contributed by atoms with Crippen LogP contribution in [0.1, 0.15) is 50.5 Å². The third-order valence-electron chi connectivity index (χ3n) is 5.33. The number of benzene rings is 2. The third-order valence-corrected chi connectivity index (χ3v) is 5.33. The zero-order valence-corrected chi connectivity index (χ0v) is 16.9. The van der Waals surface area contributed by atoms with Crippen molar-refractivity contribution in [3.63, 3.8) is 0 Å². The molecule has 2 N–H and O–H groups in total. The third kappa shape index (κ3) is 5.37. The van der Waals surface area contributed by atoms with Crippen molar-refractivity contribution in [1.29, 1.82) is 0 Å². The predicted molar refractivity (Wildman–Crippen MR) is 112 cm³/mol. The van der Waals surface area contributed by atoms with Crippen LogP contribution in [0.25, 0.3) is 11.1 Å². The van der Waals surface area contributed by atoms with Crippen LogP contribution in [0.2, 0.25) is 0 Å². The highest BCUT2D eigenvalue weighted by atomic mass is 19.1. The lowest BCUT2D eigenvalue weighted by Gasteiger charge is -2.22. The minimum Gasteiger partial charge on any atom is -0.487 e. The fraction of sp³-hybridized carbons (Fsp3) is 0.417. The van der Waals surface area contributed by atoms with Crippen molar-refractivity contribution < 1.29 is 24.1 Å². The van der Waals surface area contributed by atoms with Gasteiger partial charge in [-0.15, -0.1) is 0 Å². The summed E-state index contributed by atoms with van der Waals surface area (Å²) in [5.74, 6) is 0.791. The van der Waals surface area contributed by atoms with E-state index in [1.807, 2.05) is 12.1 Å². The lowest BCUT2D eigenvalue weighted by molar-refractivity contribution is 0.0125. The number of rotatable bonds is 8. The average Bonchev–Trinajstić information content (AvgIpc) is 2.73. The van der Waals surface area contributed by atoms with Crippen LogP contribution in [-0.4, -0.2) is 29.7 Å². The zero-order valence-electron chi connectivity index (χ0n) is 16.9. The smallest absolute Gasteiger partial charge is 0.219 e. The van der Waals surface area contributed by atoms with E-state index in [-0.39, 0.29) is 24.8 Å². The largest absolute Gasteiger partial charge is 0.487 e. The Labute approximate surface area is 171 Å². The molecule has 0 amide bonds. The first-order valence-electron chi connectivity index (χ1n) is 10.2. The Morgan fingerprint density at radius 3 is 2.55 bits per heavy atom. The van der Waals surface area contributed by atoms with Gasteiger partial charge in [0, 0.05) is 5.56 Å². The quantitative estimate of drug-likeness (QED) is 0.473. The van der Waals surface area contributed by atoms with Crippen molar-refractivity contribution in [3.05, 3.63) is 59.9 Å². The molecule has 1 saturated carbocycles. The Hall–Kier alpha value is -2.37. The summed E-state index contributed by atoms with van der Waals surface area (Å²) in [6.07, 6.45) is 4.70. The molecule has 0 radical (unpaired) electrons. The summed E-state index contributed by atoms with van der Waals surface area (Å²) >= 11 is 0. The van der Waals surface area contributed by atoms with E-state index in [4.69, 9.17) is 14.6 Å². The van der Waals surface area contributed by atoms with Crippen LogP contribution in [0.4, 0.5) is 4.39 Å². The fourth-order valence-corrected chi connectivity index (χ4v) is 3.72. The second kappa shape index (κ2) is 9.90. The standard InChI is InChI=1S/C24H29FO4/c1-16(2)24(27)29-23-15-19(9-11-22(23)28-13-12-26)20-10-8-18(14-21(20)25)17-6-4-3-5-7-17/h8-11,14-15,17,24,26-27H,1,3-7,12-13H2,2H3. The summed E-state index contributed by atoms with van der Waals surface area (Å²) in [6, 6.07) is 10.5. The highest BCUT2D eigenvalue weighted by Gasteiger charge is 2.18. The molecule has 29 heavy (non-hydrogen) atoms. The average molecular weight is 400 g/mol. The van der Waals surface area contributed by atoms with Crippen LogP contribution in [0.15, 0.2) is 48.6 Å². The molecular weight excluding hydrogens is 371 g/mol. The van der Waals surface area contributed by atoms with Crippen molar-refractivity contribution in [3.8, 4) is 22.6 Å². The highest BCUT2D eigenvalue weighted by Crippen LogP contribution is 2.37. The van der Waals surface area contributed by atoms with Gasteiger partial charge in [-0.3, -0.25) is 0 Å². The molecule has 4 nitrogen and oxygen atoms in total. The number of hydrogen-bond acceptors (Lipinski definition) is 4. The van der Waals surface area contributed by atoms with Gasteiger partial charge in [-0.1, -0.05) is 44.0 Å². The molecule has 0 aromatic heterocycles.